The van der Waals surface area contributed by atoms with Crippen molar-refractivity contribution in [3.63, 3.8) is 0 Å². The van der Waals surface area contributed by atoms with Crippen LogP contribution >= 0.6 is 0 Å². The molecule has 3 N–H and O–H groups in total. The third kappa shape index (κ3) is 2.08. The number of likely N-dealkylation sites (tertiary alicyclic amines) is 1. The van der Waals surface area contributed by atoms with Crippen LogP contribution in [-0.4, -0.2) is 34.2 Å². The number of aromatic nitrogens is 1. The molecular weight excluding hydrogens is 206 g/mol. The third-order valence-electron chi connectivity index (χ3n) is 3.02. The third-order valence-corrected chi connectivity index (χ3v) is 3.02. The predicted octanol–water partition coefficient (Wildman–Crippen LogP) is 1.52. The van der Waals surface area contributed by atoms with Gasteiger partial charge in [-0.05, 0) is 25.0 Å². The molecule has 1 aromatic heterocycles. The van der Waals surface area contributed by atoms with Crippen molar-refractivity contribution in [2.45, 2.75) is 18.8 Å². The number of pyridine rings is 1. The average molecular weight is 221 g/mol. The van der Waals surface area contributed by atoms with Crippen LogP contribution in [0.3, 0.4) is 0 Å². The minimum Gasteiger partial charge on any atom is -0.465 e. The van der Waals surface area contributed by atoms with Crippen molar-refractivity contribution < 1.29 is 9.90 Å². The number of rotatable bonds is 1. The Labute approximate surface area is 93.9 Å². The van der Waals surface area contributed by atoms with E-state index in [4.69, 9.17) is 10.8 Å². The Hall–Kier alpha value is -1.78. The van der Waals surface area contributed by atoms with Crippen molar-refractivity contribution in [2.75, 3.05) is 18.8 Å². The first-order valence-electron chi connectivity index (χ1n) is 5.36. The van der Waals surface area contributed by atoms with Crippen LogP contribution in [-0.2, 0) is 0 Å². The molecule has 0 atom stereocenters. The Kier molecular flexibility index (Phi) is 2.94. The number of piperidine rings is 1. The molecule has 0 radical (unpaired) electrons. The first kappa shape index (κ1) is 10.7. The standard InChI is InChI=1S/C11H15N3O2/c12-9-2-1-5-13-10(9)8-3-6-14(7-4-8)11(15)16/h1-2,5,8H,3-4,6-7,12H2,(H,15,16). The zero-order chi connectivity index (χ0) is 11.5. The number of nitrogens with two attached hydrogens (primary N) is 1. The summed E-state index contributed by atoms with van der Waals surface area (Å²) in [6, 6.07) is 3.65. The van der Waals surface area contributed by atoms with Crippen molar-refractivity contribution in [1.29, 1.82) is 0 Å². The summed E-state index contributed by atoms with van der Waals surface area (Å²) in [5.74, 6) is 0.289. The van der Waals surface area contributed by atoms with E-state index in [-0.39, 0.29) is 5.92 Å². The molecular formula is C11H15N3O2. The van der Waals surface area contributed by atoms with E-state index < -0.39 is 6.09 Å². The molecule has 1 aliphatic rings. The minimum atomic E-state index is -0.840. The highest BCUT2D eigenvalue weighted by atomic mass is 16.4. The fraction of sp³-hybridized carbons (Fsp3) is 0.455. The second kappa shape index (κ2) is 4.38. The van der Waals surface area contributed by atoms with Crippen molar-refractivity contribution in [3.8, 4) is 0 Å². The van der Waals surface area contributed by atoms with Crippen molar-refractivity contribution >= 4 is 11.8 Å². The normalized spacial score (nSPS) is 17.4. The van der Waals surface area contributed by atoms with Gasteiger partial charge in [0.25, 0.3) is 0 Å². The van der Waals surface area contributed by atoms with Gasteiger partial charge in [0, 0.05) is 25.2 Å². The van der Waals surface area contributed by atoms with Crippen LogP contribution in [0.25, 0.3) is 0 Å². The van der Waals surface area contributed by atoms with Gasteiger partial charge in [-0.2, -0.15) is 0 Å². The molecule has 0 bridgehead atoms. The summed E-state index contributed by atoms with van der Waals surface area (Å²) in [6.45, 7) is 1.13. The number of hydrogen-bond donors (Lipinski definition) is 2. The molecule has 0 aromatic carbocycles. The summed E-state index contributed by atoms with van der Waals surface area (Å²) in [5, 5.41) is 8.84. The molecule has 0 saturated carbocycles. The molecule has 5 nitrogen and oxygen atoms in total. The summed E-state index contributed by atoms with van der Waals surface area (Å²) < 4.78 is 0. The molecule has 2 heterocycles. The number of anilines is 1. The van der Waals surface area contributed by atoms with Crippen LogP contribution in [0.4, 0.5) is 10.5 Å². The molecule has 1 fully saturated rings. The van der Waals surface area contributed by atoms with Gasteiger partial charge in [0.15, 0.2) is 0 Å². The predicted molar refractivity (Wildman–Crippen MR) is 60.2 cm³/mol. The van der Waals surface area contributed by atoms with Gasteiger partial charge in [-0.15, -0.1) is 0 Å². The number of hydrogen-bond acceptors (Lipinski definition) is 3. The molecule has 1 aliphatic heterocycles. The van der Waals surface area contributed by atoms with E-state index in [1.165, 1.54) is 4.90 Å². The highest BCUT2D eigenvalue weighted by Crippen LogP contribution is 2.29. The van der Waals surface area contributed by atoms with E-state index in [0.717, 1.165) is 18.5 Å². The topological polar surface area (TPSA) is 79.5 Å². The average Bonchev–Trinajstić information content (AvgIpc) is 2.30. The Morgan fingerprint density at radius 3 is 2.75 bits per heavy atom. The number of amides is 1. The van der Waals surface area contributed by atoms with Crippen molar-refractivity contribution in [1.82, 2.24) is 9.88 Å². The maximum Gasteiger partial charge on any atom is 0.407 e. The van der Waals surface area contributed by atoms with Gasteiger partial charge in [0.1, 0.15) is 0 Å². The van der Waals surface area contributed by atoms with Crippen LogP contribution in [0.1, 0.15) is 24.5 Å². The molecule has 86 valence electrons. The fourth-order valence-corrected chi connectivity index (χ4v) is 2.12. The maximum absolute atomic E-state index is 10.8. The molecule has 1 saturated heterocycles. The van der Waals surface area contributed by atoms with Gasteiger partial charge >= 0.3 is 6.09 Å². The molecule has 5 heteroatoms. The van der Waals surface area contributed by atoms with Crippen molar-refractivity contribution in [3.05, 3.63) is 24.0 Å². The lowest BCUT2D eigenvalue weighted by atomic mass is 9.92. The lowest BCUT2D eigenvalue weighted by Gasteiger charge is -2.30. The van der Waals surface area contributed by atoms with Crippen LogP contribution in [0, 0.1) is 0 Å². The lowest BCUT2D eigenvalue weighted by molar-refractivity contribution is 0.132. The molecule has 1 amide bonds. The lowest BCUT2D eigenvalue weighted by Crippen LogP contribution is -2.37. The van der Waals surface area contributed by atoms with Gasteiger partial charge in [0.2, 0.25) is 0 Å². The van der Waals surface area contributed by atoms with Gasteiger partial charge in [-0.3, -0.25) is 4.98 Å². The van der Waals surface area contributed by atoms with Crippen LogP contribution in [0.5, 0.6) is 0 Å². The molecule has 1 aromatic rings. The molecule has 0 spiro atoms. The number of carbonyl (C=O) groups is 1. The van der Waals surface area contributed by atoms with E-state index >= 15 is 0 Å². The highest BCUT2D eigenvalue weighted by molar-refractivity contribution is 5.65. The summed E-state index contributed by atoms with van der Waals surface area (Å²) in [6.07, 6.45) is 2.49. The molecule has 2 rings (SSSR count). The van der Waals surface area contributed by atoms with Gasteiger partial charge in [-0.25, -0.2) is 4.79 Å². The Bertz CT molecular complexity index is 387. The molecule has 0 unspecified atom stereocenters. The smallest absolute Gasteiger partial charge is 0.407 e. The van der Waals surface area contributed by atoms with Gasteiger partial charge < -0.3 is 15.7 Å². The van der Waals surface area contributed by atoms with E-state index in [0.29, 0.717) is 18.8 Å². The Morgan fingerprint density at radius 2 is 2.19 bits per heavy atom. The number of nitrogen functional groups attached to an aromatic ring is 1. The second-order valence-electron chi connectivity index (χ2n) is 4.02. The van der Waals surface area contributed by atoms with E-state index in [9.17, 15) is 4.79 Å². The minimum absolute atomic E-state index is 0.289. The largest absolute Gasteiger partial charge is 0.465 e. The SMILES string of the molecule is Nc1cccnc1C1CCN(C(=O)O)CC1. The zero-order valence-corrected chi connectivity index (χ0v) is 8.97. The molecule has 0 aliphatic carbocycles. The summed E-state index contributed by atoms with van der Waals surface area (Å²) in [7, 11) is 0. The summed E-state index contributed by atoms with van der Waals surface area (Å²) in [4.78, 5) is 16.5. The number of nitrogens with zero attached hydrogens (tertiary/aromatic N) is 2. The highest BCUT2D eigenvalue weighted by Gasteiger charge is 2.25. The van der Waals surface area contributed by atoms with E-state index in [2.05, 4.69) is 4.98 Å². The summed E-state index contributed by atoms with van der Waals surface area (Å²) in [5.41, 5.74) is 7.47. The summed E-state index contributed by atoms with van der Waals surface area (Å²) >= 11 is 0. The fourth-order valence-electron chi connectivity index (χ4n) is 2.12. The quantitative estimate of drug-likeness (QED) is 0.753. The first-order chi connectivity index (χ1) is 7.68. The Morgan fingerprint density at radius 1 is 1.50 bits per heavy atom. The zero-order valence-electron chi connectivity index (χ0n) is 8.97. The number of carboxylic acid groups (broad SMARTS) is 1. The first-order valence-corrected chi connectivity index (χ1v) is 5.36. The van der Waals surface area contributed by atoms with Crippen LogP contribution in [0.15, 0.2) is 18.3 Å². The van der Waals surface area contributed by atoms with Gasteiger partial charge in [0.05, 0.1) is 11.4 Å². The Balaban J connectivity index is 2.05. The monoisotopic (exact) mass is 221 g/mol. The van der Waals surface area contributed by atoms with Gasteiger partial charge in [-0.1, -0.05) is 0 Å². The van der Waals surface area contributed by atoms with E-state index in [1.807, 2.05) is 12.1 Å². The van der Waals surface area contributed by atoms with Crippen molar-refractivity contribution in [2.24, 2.45) is 0 Å². The van der Waals surface area contributed by atoms with E-state index in [1.54, 1.807) is 6.20 Å². The molecule has 16 heavy (non-hydrogen) atoms. The second-order valence-corrected chi connectivity index (χ2v) is 4.02. The van der Waals surface area contributed by atoms with Crippen LogP contribution in [0.2, 0.25) is 0 Å². The maximum atomic E-state index is 10.8. The van der Waals surface area contributed by atoms with Crippen LogP contribution < -0.4 is 5.73 Å².